The van der Waals surface area contributed by atoms with E-state index in [0.29, 0.717) is 9.23 Å². The summed E-state index contributed by atoms with van der Waals surface area (Å²) in [6.07, 6.45) is 1.83. The second kappa shape index (κ2) is 7.62. The normalized spacial score (nSPS) is 21.2. The molecule has 2 heterocycles. The van der Waals surface area contributed by atoms with Crippen LogP contribution in [0.3, 0.4) is 0 Å². The number of amides is 1. The van der Waals surface area contributed by atoms with Gasteiger partial charge in [-0.2, -0.15) is 0 Å². The number of nitrogens with zero attached hydrogens (tertiary/aromatic N) is 3. The molecule has 2 aliphatic rings. The van der Waals surface area contributed by atoms with E-state index >= 15 is 0 Å². The number of piperazine rings is 1. The summed E-state index contributed by atoms with van der Waals surface area (Å²) in [5, 5.41) is 10.0. The van der Waals surface area contributed by atoms with E-state index in [2.05, 4.69) is 21.9 Å². The molecule has 6 nitrogen and oxygen atoms in total. The molecule has 0 aromatic heterocycles. The van der Waals surface area contributed by atoms with Gasteiger partial charge in [0.15, 0.2) is 4.32 Å². The number of hydrogen-bond donors (Lipinski definition) is 2. The van der Waals surface area contributed by atoms with Crippen LogP contribution >= 0.6 is 24.0 Å². The summed E-state index contributed by atoms with van der Waals surface area (Å²) < 4.78 is 0.377. The quantitative estimate of drug-likeness (QED) is 0.356. The van der Waals surface area contributed by atoms with Crippen LogP contribution in [0.1, 0.15) is 5.56 Å². The average Bonchev–Trinajstić information content (AvgIpc) is 2.83. The van der Waals surface area contributed by atoms with Gasteiger partial charge in [0.2, 0.25) is 0 Å². The van der Waals surface area contributed by atoms with Crippen LogP contribution in [0, 0.1) is 0 Å². The van der Waals surface area contributed by atoms with Gasteiger partial charge in [-0.1, -0.05) is 36.1 Å². The first-order valence-electron chi connectivity index (χ1n) is 7.79. The van der Waals surface area contributed by atoms with Crippen LogP contribution in [-0.4, -0.2) is 64.6 Å². The van der Waals surface area contributed by atoms with Gasteiger partial charge in [-0.15, -0.1) is 0 Å². The van der Waals surface area contributed by atoms with Crippen molar-refractivity contribution in [1.29, 1.82) is 0 Å². The molecule has 1 amide bonds. The number of aliphatic hydroxyl groups is 1. The van der Waals surface area contributed by atoms with Crippen molar-refractivity contribution in [2.75, 3.05) is 44.2 Å². The van der Waals surface area contributed by atoms with Crippen LogP contribution in [0.15, 0.2) is 29.2 Å². The number of hydrazine groups is 1. The summed E-state index contributed by atoms with van der Waals surface area (Å²) in [6, 6.07) is 8.11. The molecule has 1 aromatic carbocycles. The summed E-state index contributed by atoms with van der Waals surface area (Å²) in [5.41, 5.74) is 2.09. The molecule has 8 heteroatoms. The molecule has 128 valence electrons. The Balaban J connectivity index is 1.71. The lowest BCUT2D eigenvalue weighted by Crippen LogP contribution is -2.47. The van der Waals surface area contributed by atoms with Crippen molar-refractivity contribution in [2.45, 2.75) is 0 Å². The van der Waals surface area contributed by atoms with E-state index in [0.717, 1.165) is 49.0 Å². The first kappa shape index (κ1) is 17.4. The average molecular weight is 364 g/mol. The number of benzene rings is 1. The Hall–Kier alpha value is -1.45. The van der Waals surface area contributed by atoms with Crippen LogP contribution in [0.2, 0.25) is 0 Å². The number of hydrogen-bond acceptors (Lipinski definition) is 7. The molecule has 0 spiro atoms. The van der Waals surface area contributed by atoms with E-state index in [1.807, 2.05) is 18.2 Å². The maximum absolute atomic E-state index is 12.0. The SMILES string of the molecule is NN1C(=O)C(=Cc2cccc(N3CCN(CCO)CC3)c2)SC1=S. The number of β-amino-alcohol motifs (C(OH)–C–C–N with tert-alkyl or cyclic N) is 1. The highest BCUT2D eigenvalue weighted by Crippen LogP contribution is 2.31. The molecule has 1 aromatic rings. The Labute approximate surface area is 150 Å². The molecule has 2 fully saturated rings. The Kier molecular flexibility index (Phi) is 5.52. The molecule has 0 unspecified atom stereocenters. The molecule has 3 N–H and O–H groups in total. The summed E-state index contributed by atoms with van der Waals surface area (Å²) in [5.74, 6) is 5.34. The smallest absolute Gasteiger partial charge is 0.280 e. The van der Waals surface area contributed by atoms with Crippen molar-refractivity contribution < 1.29 is 9.90 Å². The van der Waals surface area contributed by atoms with Gasteiger partial charge in [0.1, 0.15) is 0 Å². The van der Waals surface area contributed by atoms with Crippen molar-refractivity contribution in [1.82, 2.24) is 9.91 Å². The van der Waals surface area contributed by atoms with Gasteiger partial charge >= 0.3 is 0 Å². The molecule has 0 saturated carbocycles. The minimum absolute atomic E-state index is 0.203. The van der Waals surface area contributed by atoms with E-state index in [1.165, 1.54) is 11.8 Å². The fraction of sp³-hybridized carbons (Fsp3) is 0.375. The molecule has 2 aliphatic heterocycles. The summed E-state index contributed by atoms with van der Waals surface area (Å²) >= 11 is 6.27. The van der Waals surface area contributed by atoms with Crippen molar-refractivity contribution in [3.05, 3.63) is 34.7 Å². The van der Waals surface area contributed by atoms with Crippen LogP contribution < -0.4 is 10.7 Å². The van der Waals surface area contributed by atoms with Gasteiger partial charge in [-0.3, -0.25) is 9.69 Å². The molecule has 2 saturated heterocycles. The Morgan fingerprint density at radius 3 is 2.67 bits per heavy atom. The Bertz CT molecular complexity index is 672. The van der Waals surface area contributed by atoms with Crippen LogP contribution in [0.4, 0.5) is 5.69 Å². The van der Waals surface area contributed by atoms with Crippen molar-refractivity contribution >= 4 is 46.0 Å². The van der Waals surface area contributed by atoms with Gasteiger partial charge in [-0.25, -0.2) is 10.9 Å². The lowest BCUT2D eigenvalue weighted by Gasteiger charge is -2.35. The fourth-order valence-electron chi connectivity index (χ4n) is 2.81. The van der Waals surface area contributed by atoms with E-state index < -0.39 is 0 Å². The van der Waals surface area contributed by atoms with Gasteiger partial charge in [0.25, 0.3) is 5.91 Å². The zero-order valence-electron chi connectivity index (χ0n) is 13.2. The number of thiocarbonyl (C=S) groups is 1. The van der Waals surface area contributed by atoms with Crippen molar-refractivity contribution in [3.8, 4) is 0 Å². The zero-order valence-corrected chi connectivity index (χ0v) is 14.9. The molecule has 0 atom stereocenters. The second-order valence-electron chi connectivity index (χ2n) is 5.70. The van der Waals surface area contributed by atoms with Gasteiger partial charge < -0.3 is 10.0 Å². The molecular weight excluding hydrogens is 344 g/mol. The third-order valence-corrected chi connectivity index (χ3v) is 5.48. The van der Waals surface area contributed by atoms with Crippen LogP contribution in [0.5, 0.6) is 0 Å². The maximum Gasteiger partial charge on any atom is 0.280 e. The number of thioether (sulfide) groups is 1. The number of nitrogens with two attached hydrogens (primary N) is 1. The second-order valence-corrected chi connectivity index (χ2v) is 7.37. The number of rotatable bonds is 4. The van der Waals surface area contributed by atoms with Crippen molar-refractivity contribution in [3.63, 3.8) is 0 Å². The highest BCUT2D eigenvalue weighted by atomic mass is 32.2. The van der Waals surface area contributed by atoms with E-state index in [4.69, 9.17) is 23.2 Å². The predicted octanol–water partition coefficient (Wildman–Crippen LogP) is 0.876. The lowest BCUT2D eigenvalue weighted by atomic mass is 10.1. The van der Waals surface area contributed by atoms with Gasteiger partial charge in [0.05, 0.1) is 11.5 Å². The third kappa shape index (κ3) is 3.79. The van der Waals surface area contributed by atoms with Crippen molar-refractivity contribution in [2.24, 2.45) is 5.84 Å². The number of aliphatic hydroxyl groups excluding tert-OH is 1. The largest absolute Gasteiger partial charge is 0.395 e. The van der Waals surface area contributed by atoms with E-state index in [1.54, 1.807) is 0 Å². The first-order valence-corrected chi connectivity index (χ1v) is 9.02. The topological polar surface area (TPSA) is 73.0 Å². The highest BCUT2D eigenvalue weighted by molar-refractivity contribution is 8.26. The molecule has 0 bridgehead atoms. The summed E-state index contributed by atoms with van der Waals surface area (Å²) in [4.78, 5) is 17.1. The zero-order chi connectivity index (χ0) is 17.1. The van der Waals surface area contributed by atoms with Gasteiger partial charge in [-0.05, 0) is 23.8 Å². The molecule has 0 radical (unpaired) electrons. The maximum atomic E-state index is 12.0. The summed E-state index contributed by atoms with van der Waals surface area (Å²) in [7, 11) is 0. The summed E-state index contributed by atoms with van der Waals surface area (Å²) in [6.45, 7) is 4.67. The standard InChI is InChI=1S/C16H20N4O2S2/c17-20-15(22)14(24-16(20)23)11-12-2-1-3-13(10-12)19-6-4-18(5-7-19)8-9-21/h1-3,10-11,21H,4-9,17H2. The van der Waals surface area contributed by atoms with E-state index in [-0.39, 0.29) is 12.5 Å². The first-order chi connectivity index (χ1) is 11.6. The Morgan fingerprint density at radius 1 is 1.29 bits per heavy atom. The number of anilines is 1. The van der Waals surface area contributed by atoms with Gasteiger partial charge in [0, 0.05) is 38.4 Å². The Morgan fingerprint density at radius 2 is 2.04 bits per heavy atom. The lowest BCUT2D eigenvalue weighted by molar-refractivity contribution is -0.122. The highest BCUT2D eigenvalue weighted by Gasteiger charge is 2.29. The van der Waals surface area contributed by atoms with Crippen LogP contribution in [-0.2, 0) is 4.79 Å². The minimum Gasteiger partial charge on any atom is -0.395 e. The van der Waals surface area contributed by atoms with Crippen LogP contribution in [0.25, 0.3) is 6.08 Å². The molecule has 0 aliphatic carbocycles. The molecule has 24 heavy (non-hydrogen) atoms. The minimum atomic E-state index is -0.256. The molecule has 3 rings (SSSR count). The monoisotopic (exact) mass is 364 g/mol. The predicted molar refractivity (Wildman–Crippen MR) is 101 cm³/mol. The molecular formula is C16H20N4O2S2. The number of carbonyl (C=O) groups excluding carboxylic acids is 1. The third-order valence-electron chi connectivity index (χ3n) is 4.15. The van der Waals surface area contributed by atoms with E-state index in [9.17, 15) is 4.79 Å². The fourth-order valence-corrected chi connectivity index (χ4v) is 3.92. The number of carbonyl (C=O) groups is 1.